The van der Waals surface area contributed by atoms with E-state index in [9.17, 15) is 9.50 Å². The Morgan fingerprint density at radius 1 is 1.19 bits per heavy atom. The highest BCUT2D eigenvalue weighted by molar-refractivity contribution is 5.42. The molecule has 1 atom stereocenters. The summed E-state index contributed by atoms with van der Waals surface area (Å²) in [4.78, 5) is 2.25. The van der Waals surface area contributed by atoms with E-state index in [4.69, 9.17) is 9.47 Å². The first-order valence-electron chi connectivity index (χ1n) is 9.29. The minimum absolute atomic E-state index is 0.217. The van der Waals surface area contributed by atoms with Crippen LogP contribution in [0.4, 0.5) is 4.39 Å². The van der Waals surface area contributed by atoms with E-state index in [-0.39, 0.29) is 6.10 Å². The third-order valence-corrected chi connectivity index (χ3v) is 4.04. The zero-order valence-electron chi connectivity index (χ0n) is 17.0. The molecule has 0 saturated heterocycles. The fourth-order valence-corrected chi connectivity index (χ4v) is 2.28. The van der Waals surface area contributed by atoms with Crippen molar-refractivity contribution in [3.05, 3.63) is 35.9 Å². The summed E-state index contributed by atoms with van der Waals surface area (Å²) in [6.45, 7) is 6.71. The van der Waals surface area contributed by atoms with Gasteiger partial charge >= 0.3 is 0 Å². The van der Waals surface area contributed by atoms with Gasteiger partial charge in [-0.15, -0.1) is 0 Å². The fraction of sp³-hybridized carbons (Fsp3) is 0.619. The molecule has 0 amide bonds. The lowest BCUT2D eigenvalue weighted by molar-refractivity contribution is 0.173. The Bertz CT molecular complexity index is 494. The van der Waals surface area contributed by atoms with Crippen LogP contribution in [-0.4, -0.2) is 50.6 Å². The molecule has 0 radical (unpaired) electrons. The molecule has 0 unspecified atom stereocenters. The summed E-state index contributed by atoms with van der Waals surface area (Å²) in [5, 5.41) is 9.48. The van der Waals surface area contributed by atoms with Crippen molar-refractivity contribution >= 4 is 0 Å². The van der Waals surface area contributed by atoms with Crippen molar-refractivity contribution in [1.82, 2.24) is 4.90 Å². The molecular formula is C21H36FNO3. The molecule has 0 spiro atoms. The largest absolute Gasteiger partial charge is 0.493 e. The van der Waals surface area contributed by atoms with Crippen LogP contribution in [-0.2, 0) is 6.54 Å². The molecule has 1 aromatic carbocycles. The molecule has 1 rings (SSSR count). The number of hydrogen-bond acceptors (Lipinski definition) is 4. The normalized spacial score (nSPS) is 12.0. The number of halogens is 1. The monoisotopic (exact) mass is 369 g/mol. The SMILES string of the molecule is CC[C@H](O)CC=CCCCOc1cc(CN(C)CC)ccc1OC.CF. The molecule has 4 nitrogen and oxygen atoms in total. The van der Waals surface area contributed by atoms with Crippen molar-refractivity contribution in [2.24, 2.45) is 0 Å². The second-order valence-corrected chi connectivity index (χ2v) is 6.08. The molecule has 0 bridgehead atoms. The molecule has 0 heterocycles. The van der Waals surface area contributed by atoms with Crippen molar-refractivity contribution in [2.75, 3.05) is 34.5 Å². The highest BCUT2D eigenvalue weighted by Crippen LogP contribution is 2.28. The average molecular weight is 370 g/mol. The number of aliphatic hydroxyl groups is 1. The van der Waals surface area contributed by atoms with Crippen molar-refractivity contribution in [3.8, 4) is 11.5 Å². The maximum atomic E-state index is 9.50. The Morgan fingerprint density at radius 3 is 2.54 bits per heavy atom. The molecular weight excluding hydrogens is 333 g/mol. The minimum Gasteiger partial charge on any atom is -0.493 e. The topological polar surface area (TPSA) is 41.9 Å². The van der Waals surface area contributed by atoms with E-state index in [1.54, 1.807) is 7.11 Å². The first-order chi connectivity index (χ1) is 12.6. The summed E-state index contributed by atoms with van der Waals surface area (Å²) in [5.41, 5.74) is 1.23. The summed E-state index contributed by atoms with van der Waals surface area (Å²) < 4.78 is 20.8. The number of allylic oxidation sites excluding steroid dienone is 1. The van der Waals surface area contributed by atoms with E-state index in [1.807, 2.05) is 13.0 Å². The summed E-state index contributed by atoms with van der Waals surface area (Å²) in [6, 6.07) is 6.12. The first-order valence-corrected chi connectivity index (χ1v) is 9.29. The molecule has 0 aliphatic rings. The Kier molecular flexibility index (Phi) is 14.7. The minimum atomic E-state index is -0.217. The van der Waals surface area contributed by atoms with Gasteiger partial charge in [0.1, 0.15) is 0 Å². The van der Waals surface area contributed by atoms with Crippen LogP contribution in [0.2, 0.25) is 0 Å². The van der Waals surface area contributed by atoms with E-state index in [0.717, 1.165) is 50.3 Å². The molecule has 0 aliphatic carbocycles. The van der Waals surface area contributed by atoms with Crippen LogP contribution in [0.15, 0.2) is 30.4 Å². The number of hydrogen-bond donors (Lipinski definition) is 1. The molecule has 5 heteroatoms. The van der Waals surface area contributed by atoms with Gasteiger partial charge in [0, 0.05) is 6.54 Å². The van der Waals surface area contributed by atoms with E-state index < -0.39 is 0 Å². The third kappa shape index (κ3) is 10.4. The molecule has 0 fully saturated rings. The van der Waals surface area contributed by atoms with Gasteiger partial charge in [0.25, 0.3) is 0 Å². The van der Waals surface area contributed by atoms with Crippen LogP contribution < -0.4 is 9.47 Å². The first kappa shape index (κ1) is 24.4. The van der Waals surface area contributed by atoms with Crippen molar-refractivity contribution in [2.45, 2.75) is 52.2 Å². The number of methoxy groups -OCH3 is 1. The zero-order valence-corrected chi connectivity index (χ0v) is 17.0. The molecule has 0 aliphatic heterocycles. The smallest absolute Gasteiger partial charge is 0.161 e. The second kappa shape index (κ2) is 15.6. The Morgan fingerprint density at radius 2 is 1.92 bits per heavy atom. The van der Waals surface area contributed by atoms with Crippen LogP contribution in [0.3, 0.4) is 0 Å². The van der Waals surface area contributed by atoms with Gasteiger partial charge in [-0.25, -0.2) is 0 Å². The predicted molar refractivity (Wildman–Crippen MR) is 107 cm³/mol. The summed E-state index contributed by atoms with van der Waals surface area (Å²) in [5.74, 6) is 1.59. The Labute approximate surface area is 158 Å². The number of aliphatic hydroxyl groups excluding tert-OH is 1. The van der Waals surface area contributed by atoms with Crippen molar-refractivity contribution in [3.63, 3.8) is 0 Å². The van der Waals surface area contributed by atoms with Crippen LogP contribution in [0, 0.1) is 0 Å². The highest BCUT2D eigenvalue weighted by atomic mass is 19.1. The van der Waals surface area contributed by atoms with Gasteiger partial charge in [-0.1, -0.05) is 32.1 Å². The standard InChI is InChI=1S/C20H33NO3.CH3F/c1-5-18(22)11-9-7-8-10-14-24-20-15-17(16-21(3)6-2)12-13-19(20)23-4;1-2/h7,9,12-13,15,18,22H,5-6,8,10-11,14,16H2,1-4H3;1H3/t18-;/m0./s1. The number of unbranched alkanes of at least 4 members (excludes halogenated alkanes) is 1. The summed E-state index contributed by atoms with van der Waals surface area (Å²) in [7, 11) is 4.27. The number of ether oxygens (including phenoxy) is 2. The van der Waals surface area contributed by atoms with E-state index in [1.165, 1.54) is 5.56 Å². The summed E-state index contributed by atoms with van der Waals surface area (Å²) >= 11 is 0. The molecule has 1 aromatic rings. The predicted octanol–water partition coefficient (Wildman–Crippen LogP) is 4.61. The van der Waals surface area contributed by atoms with Gasteiger partial charge in [-0.05, 0) is 57.0 Å². The van der Waals surface area contributed by atoms with E-state index in [2.05, 4.69) is 43.2 Å². The number of benzene rings is 1. The number of rotatable bonds is 12. The van der Waals surface area contributed by atoms with Gasteiger partial charge < -0.3 is 19.5 Å². The lowest BCUT2D eigenvalue weighted by Crippen LogP contribution is -2.16. The summed E-state index contributed by atoms with van der Waals surface area (Å²) in [6.07, 6.45) is 7.39. The number of alkyl halides is 1. The van der Waals surface area contributed by atoms with Crippen LogP contribution >= 0.6 is 0 Å². The van der Waals surface area contributed by atoms with Gasteiger partial charge in [0.2, 0.25) is 0 Å². The quantitative estimate of drug-likeness (QED) is 0.432. The second-order valence-electron chi connectivity index (χ2n) is 6.08. The lowest BCUT2D eigenvalue weighted by atomic mass is 10.2. The lowest BCUT2D eigenvalue weighted by Gasteiger charge is -2.16. The van der Waals surface area contributed by atoms with E-state index in [0.29, 0.717) is 13.8 Å². The van der Waals surface area contributed by atoms with Gasteiger partial charge in [-0.2, -0.15) is 0 Å². The van der Waals surface area contributed by atoms with Crippen LogP contribution in [0.5, 0.6) is 11.5 Å². The Hall–Kier alpha value is -1.59. The Balaban J connectivity index is 0.00000301. The van der Waals surface area contributed by atoms with Gasteiger partial charge in [0.05, 0.1) is 27.0 Å². The van der Waals surface area contributed by atoms with Crippen molar-refractivity contribution < 1.29 is 19.0 Å². The highest BCUT2D eigenvalue weighted by Gasteiger charge is 2.07. The van der Waals surface area contributed by atoms with Crippen LogP contribution in [0.25, 0.3) is 0 Å². The third-order valence-electron chi connectivity index (χ3n) is 4.04. The van der Waals surface area contributed by atoms with Crippen molar-refractivity contribution in [1.29, 1.82) is 0 Å². The zero-order chi connectivity index (χ0) is 19.8. The van der Waals surface area contributed by atoms with Gasteiger partial charge in [0.15, 0.2) is 11.5 Å². The van der Waals surface area contributed by atoms with E-state index >= 15 is 0 Å². The maximum absolute atomic E-state index is 9.50. The number of nitrogens with zero attached hydrogens (tertiary/aromatic N) is 1. The van der Waals surface area contributed by atoms with Crippen LogP contribution in [0.1, 0.15) is 45.1 Å². The fourth-order valence-electron chi connectivity index (χ4n) is 2.28. The molecule has 1 N–H and O–H groups in total. The molecule has 0 saturated carbocycles. The maximum Gasteiger partial charge on any atom is 0.161 e. The average Bonchev–Trinajstić information content (AvgIpc) is 2.68. The molecule has 150 valence electrons. The molecule has 0 aromatic heterocycles. The van der Waals surface area contributed by atoms with Gasteiger partial charge in [-0.3, -0.25) is 4.39 Å². The molecule has 26 heavy (non-hydrogen) atoms.